The van der Waals surface area contributed by atoms with Crippen LogP contribution in [0.4, 0.5) is 20.2 Å². The Morgan fingerprint density at radius 3 is 2.52 bits per heavy atom. The van der Waals surface area contributed by atoms with E-state index in [-0.39, 0.29) is 10.2 Å². The predicted molar refractivity (Wildman–Crippen MR) is 79.2 cm³/mol. The van der Waals surface area contributed by atoms with Crippen LogP contribution in [0.1, 0.15) is 18.5 Å². The molecule has 21 heavy (non-hydrogen) atoms. The molecule has 2 rings (SSSR count). The quantitative estimate of drug-likeness (QED) is 0.631. The molecular weight excluding hydrogens is 346 g/mol. The number of hydrogen-bond acceptors (Lipinski definition) is 3. The number of nitro benzene ring substituents is 1. The average molecular weight is 357 g/mol. The number of benzene rings is 2. The van der Waals surface area contributed by atoms with E-state index in [0.717, 1.165) is 6.07 Å². The standard InChI is InChI=1S/C14H11BrF2N2O2/c1-8(9-4-2-3-5-11(9)16)18-13-6-10(15)12(17)7-14(13)19(20)21/h2-8,18H,1H3. The molecule has 1 N–H and O–H groups in total. The van der Waals surface area contributed by atoms with E-state index in [9.17, 15) is 18.9 Å². The van der Waals surface area contributed by atoms with Gasteiger partial charge in [0.2, 0.25) is 0 Å². The van der Waals surface area contributed by atoms with Crippen LogP contribution in [0.25, 0.3) is 0 Å². The van der Waals surface area contributed by atoms with Crippen molar-refractivity contribution in [2.45, 2.75) is 13.0 Å². The summed E-state index contributed by atoms with van der Waals surface area (Å²) in [4.78, 5) is 10.3. The summed E-state index contributed by atoms with van der Waals surface area (Å²) in [6.45, 7) is 1.67. The Bertz CT molecular complexity index is 695. The third-order valence-corrected chi connectivity index (χ3v) is 3.59. The van der Waals surface area contributed by atoms with Crippen molar-refractivity contribution < 1.29 is 13.7 Å². The number of rotatable bonds is 4. The molecule has 4 nitrogen and oxygen atoms in total. The maximum atomic E-state index is 13.7. The van der Waals surface area contributed by atoms with E-state index in [0.29, 0.717) is 5.56 Å². The van der Waals surface area contributed by atoms with Crippen LogP contribution in [-0.4, -0.2) is 4.92 Å². The fourth-order valence-electron chi connectivity index (χ4n) is 1.94. The van der Waals surface area contributed by atoms with Crippen molar-refractivity contribution in [3.63, 3.8) is 0 Å². The van der Waals surface area contributed by atoms with Crippen LogP contribution >= 0.6 is 15.9 Å². The molecule has 2 aromatic rings. The predicted octanol–water partition coefficient (Wildman–Crippen LogP) is 4.81. The maximum Gasteiger partial charge on any atom is 0.295 e. The number of nitro groups is 1. The number of nitrogens with one attached hydrogen (secondary N) is 1. The Hall–Kier alpha value is -2.02. The molecule has 7 heteroatoms. The zero-order chi connectivity index (χ0) is 15.6. The van der Waals surface area contributed by atoms with E-state index >= 15 is 0 Å². The Balaban J connectivity index is 2.37. The van der Waals surface area contributed by atoms with Gasteiger partial charge in [-0.2, -0.15) is 0 Å². The molecule has 1 atom stereocenters. The van der Waals surface area contributed by atoms with Gasteiger partial charge in [0.1, 0.15) is 17.3 Å². The van der Waals surface area contributed by atoms with E-state index in [1.165, 1.54) is 12.1 Å². The highest BCUT2D eigenvalue weighted by Crippen LogP contribution is 2.33. The smallest absolute Gasteiger partial charge is 0.295 e. The highest BCUT2D eigenvalue weighted by atomic mass is 79.9. The van der Waals surface area contributed by atoms with Crippen LogP contribution in [0.15, 0.2) is 40.9 Å². The lowest BCUT2D eigenvalue weighted by Gasteiger charge is -2.16. The lowest BCUT2D eigenvalue weighted by molar-refractivity contribution is -0.384. The van der Waals surface area contributed by atoms with E-state index in [1.807, 2.05) is 0 Å². The van der Waals surface area contributed by atoms with E-state index in [1.54, 1.807) is 25.1 Å². The first kappa shape index (κ1) is 15.4. The topological polar surface area (TPSA) is 55.2 Å². The minimum Gasteiger partial charge on any atom is -0.373 e. The lowest BCUT2D eigenvalue weighted by atomic mass is 10.1. The molecule has 0 heterocycles. The van der Waals surface area contributed by atoms with Gasteiger partial charge in [0, 0.05) is 5.56 Å². The summed E-state index contributed by atoms with van der Waals surface area (Å²) < 4.78 is 27.2. The van der Waals surface area contributed by atoms with Crippen molar-refractivity contribution in [1.82, 2.24) is 0 Å². The highest BCUT2D eigenvalue weighted by molar-refractivity contribution is 9.10. The molecule has 0 aliphatic rings. The minimum absolute atomic E-state index is 0.0938. The molecule has 2 aromatic carbocycles. The van der Waals surface area contributed by atoms with Gasteiger partial charge in [-0.1, -0.05) is 18.2 Å². The molecule has 0 fully saturated rings. The summed E-state index contributed by atoms with van der Waals surface area (Å²) in [5, 5.41) is 13.8. The Morgan fingerprint density at radius 2 is 1.90 bits per heavy atom. The number of halogens is 3. The van der Waals surface area contributed by atoms with Gasteiger partial charge in [0.25, 0.3) is 5.69 Å². The number of anilines is 1. The second-order valence-electron chi connectivity index (χ2n) is 4.43. The van der Waals surface area contributed by atoms with Gasteiger partial charge in [0.05, 0.1) is 21.5 Å². The SMILES string of the molecule is CC(Nc1cc(Br)c(F)cc1[N+](=O)[O-])c1ccccc1F. The van der Waals surface area contributed by atoms with Gasteiger partial charge in [0.15, 0.2) is 0 Å². The second-order valence-corrected chi connectivity index (χ2v) is 5.28. The zero-order valence-corrected chi connectivity index (χ0v) is 12.5. The molecule has 0 radical (unpaired) electrons. The van der Waals surface area contributed by atoms with Crippen molar-refractivity contribution in [2.75, 3.05) is 5.32 Å². The fourth-order valence-corrected chi connectivity index (χ4v) is 2.28. The molecule has 0 amide bonds. The first-order chi connectivity index (χ1) is 9.90. The second kappa shape index (κ2) is 6.17. The van der Waals surface area contributed by atoms with Gasteiger partial charge in [-0.25, -0.2) is 8.78 Å². The van der Waals surface area contributed by atoms with Crippen LogP contribution in [0.5, 0.6) is 0 Å². The fraction of sp³-hybridized carbons (Fsp3) is 0.143. The summed E-state index contributed by atoms with van der Waals surface area (Å²) in [5.41, 5.74) is 0.0789. The summed E-state index contributed by atoms with van der Waals surface area (Å²) in [5.74, 6) is -1.15. The van der Waals surface area contributed by atoms with Crippen LogP contribution in [0, 0.1) is 21.7 Å². The van der Waals surface area contributed by atoms with Crippen LogP contribution in [0.2, 0.25) is 0 Å². The minimum atomic E-state index is -0.731. The molecule has 0 aliphatic carbocycles. The van der Waals surface area contributed by atoms with Crippen molar-refractivity contribution in [2.24, 2.45) is 0 Å². The van der Waals surface area contributed by atoms with Gasteiger partial charge < -0.3 is 5.32 Å². The van der Waals surface area contributed by atoms with Gasteiger partial charge >= 0.3 is 0 Å². The van der Waals surface area contributed by atoms with E-state index < -0.39 is 28.3 Å². The maximum absolute atomic E-state index is 13.7. The lowest BCUT2D eigenvalue weighted by Crippen LogP contribution is -2.10. The van der Waals surface area contributed by atoms with Crippen LogP contribution < -0.4 is 5.32 Å². The third kappa shape index (κ3) is 3.36. The molecule has 0 bridgehead atoms. The molecular formula is C14H11BrF2N2O2. The zero-order valence-electron chi connectivity index (χ0n) is 10.9. The van der Waals surface area contributed by atoms with Gasteiger partial charge in [-0.3, -0.25) is 10.1 Å². The molecule has 0 saturated heterocycles. The molecule has 0 aliphatic heterocycles. The molecule has 1 unspecified atom stereocenters. The Morgan fingerprint density at radius 1 is 1.24 bits per heavy atom. The summed E-state index contributed by atoms with van der Waals surface area (Å²) in [6.07, 6.45) is 0. The summed E-state index contributed by atoms with van der Waals surface area (Å²) >= 11 is 2.98. The largest absolute Gasteiger partial charge is 0.373 e. The number of nitrogens with zero attached hydrogens (tertiary/aromatic N) is 1. The van der Waals surface area contributed by atoms with Crippen molar-refractivity contribution in [3.05, 3.63) is 68.2 Å². The first-order valence-corrected chi connectivity index (χ1v) is 6.84. The van der Waals surface area contributed by atoms with E-state index in [2.05, 4.69) is 21.2 Å². The summed E-state index contributed by atoms with van der Waals surface area (Å²) in [7, 11) is 0. The van der Waals surface area contributed by atoms with Crippen molar-refractivity contribution in [3.8, 4) is 0 Å². The van der Waals surface area contributed by atoms with E-state index in [4.69, 9.17) is 0 Å². The Labute approximate surface area is 128 Å². The number of hydrogen-bond donors (Lipinski definition) is 1. The van der Waals surface area contributed by atoms with Gasteiger partial charge in [-0.05, 0) is 35.0 Å². The van der Waals surface area contributed by atoms with Crippen LogP contribution in [-0.2, 0) is 0 Å². The molecule has 110 valence electrons. The normalized spacial score (nSPS) is 12.0. The molecule has 0 aromatic heterocycles. The highest BCUT2D eigenvalue weighted by Gasteiger charge is 2.20. The summed E-state index contributed by atoms with van der Waals surface area (Å²) in [6, 6.07) is 7.70. The molecule has 0 saturated carbocycles. The monoisotopic (exact) mass is 356 g/mol. The van der Waals surface area contributed by atoms with Crippen LogP contribution in [0.3, 0.4) is 0 Å². The van der Waals surface area contributed by atoms with Crippen molar-refractivity contribution in [1.29, 1.82) is 0 Å². The first-order valence-electron chi connectivity index (χ1n) is 6.04. The average Bonchev–Trinajstić information content (AvgIpc) is 2.42. The van der Waals surface area contributed by atoms with Gasteiger partial charge in [-0.15, -0.1) is 0 Å². The third-order valence-electron chi connectivity index (χ3n) is 2.98. The molecule has 0 spiro atoms. The Kier molecular flexibility index (Phi) is 4.52. The van der Waals surface area contributed by atoms with Crippen molar-refractivity contribution >= 4 is 27.3 Å².